The van der Waals surface area contributed by atoms with E-state index < -0.39 is 0 Å². The zero-order valence-electron chi connectivity index (χ0n) is 11.6. The summed E-state index contributed by atoms with van der Waals surface area (Å²) in [6.07, 6.45) is 3.67. The van der Waals surface area contributed by atoms with E-state index in [4.69, 9.17) is 0 Å². The van der Waals surface area contributed by atoms with Crippen LogP contribution >= 0.6 is 0 Å². The van der Waals surface area contributed by atoms with Crippen LogP contribution in [0.4, 0.5) is 0 Å². The molecule has 2 rings (SSSR count). The van der Waals surface area contributed by atoms with Crippen LogP contribution in [0.3, 0.4) is 0 Å². The number of rotatable bonds is 1. The van der Waals surface area contributed by atoms with Crippen molar-refractivity contribution in [3.8, 4) is 11.1 Å². The van der Waals surface area contributed by atoms with Gasteiger partial charge in [0.25, 0.3) is 0 Å². The van der Waals surface area contributed by atoms with E-state index in [1.165, 1.54) is 16.7 Å². The van der Waals surface area contributed by atoms with E-state index in [2.05, 4.69) is 42.2 Å². The fraction of sp³-hybridized carbons (Fsp3) is 0.312. The van der Waals surface area contributed by atoms with E-state index in [0.29, 0.717) is 0 Å². The Hall–Kier alpha value is -1.63. The van der Waals surface area contributed by atoms with Crippen molar-refractivity contribution in [3.05, 3.63) is 54.4 Å². The molecule has 0 amide bonds. The highest BCUT2D eigenvalue weighted by atomic mass is 14.6. The first-order valence-corrected chi connectivity index (χ1v) is 6.33. The van der Waals surface area contributed by atoms with E-state index in [1.54, 1.807) is 6.20 Å². The standard InChI is InChI=1S/C12H11N.2C2H6/c1-10-4-2-5-11(8-10)12-6-3-7-13-9-12;2*1-2/h2-9H,1H3;2*1-2H3. The lowest BCUT2D eigenvalue weighted by Crippen LogP contribution is -1.79. The lowest BCUT2D eigenvalue weighted by atomic mass is 10.1. The Labute approximate surface area is 106 Å². The van der Waals surface area contributed by atoms with Gasteiger partial charge in [0.2, 0.25) is 0 Å². The van der Waals surface area contributed by atoms with Gasteiger partial charge in [0.15, 0.2) is 0 Å². The summed E-state index contributed by atoms with van der Waals surface area (Å²) in [4.78, 5) is 4.09. The highest BCUT2D eigenvalue weighted by Crippen LogP contribution is 2.18. The first kappa shape index (κ1) is 15.4. The second-order valence-corrected chi connectivity index (χ2v) is 3.11. The fourth-order valence-corrected chi connectivity index (χ4v) is 1.36. The number of aryl methyl sites for hydroxylation is 1. The molecule has 1 nitrogen and oxygen atoms in total. The van der Waals surface area contributed by atoms with Crippen molar-refractivity contribution >= 4 is 0 Å². The molecule has 0 aliphatic rings. The molecule has 0 unspecified atom stereocenters. The Morgan fingerprint density at radius 2 is 1.47 bits per heavy atom. The van der Waals surface area contributed by atoms with Crippen LogP contribution in [0.15, 0.2) is 48.8 Å². The van der Waals surface area contributed by atoms with Gasteiger partial charge in [0.05, 0.1) is 0 Å². The first-order valence-electron chi connectivity index (χ1n) is 6.33. The first-order chi connectivity index (χ1) is 8.36. The van der Waals surface area contributed by atoms with Gasteiger partial charge in [-0.1, -0.05) is 63.6 Å². The average Bonchev–Trinajstić information content (AvgIpc) is 2.44. The fourth-order valence-electron chi connectivity index (χ4n) is 1.36. The molecule has 0 spiro atoms. The average molecular weight is 229 g/mol. The van der Waals surface area contributed by atoms with Gasteiger partial charge in [-0.15, -0.1) is 0 Å². The predicted octanol–water partition coefficient (Wildman–Crippen LogP) is 5.11. The molecule has 0 saturated carbocycles. The van der Waals surface area contributed by atoms with Gasteiger partial charge in [-0.2, -0.15) is 0 Å². The quantitative estimate of drug-likeness (QED) is 0.662. The topological polar surface area (TPSA) is 12.9 Å². The van der Waals surface area contributed by atoms with Gasteiger partial charge >= 0.3 is 0 Å². The maximum absolute atomic E-state index is 4.09. The van der Waals surface area contributed by atoms with Crippen LogP contribution in [0.1, 0.15) is 33.3 Å². The second kappa shape index (κ2) is 9.59. The smallest absolute Gasteiger partial charge is 0.0346 e. The van der Waals surface area contributed by atoms with Gasteiger partial charge in [-0.3, -0.25) is 4.98 Å². The van der Waals surface area contributed by atoms with Crippen LogP contribution in [-0.4, -0.2) is 4.98 Å². The van der Waals surface area contributed by atoms with Crippen molar-refractivity contribution in [1.82, 2.24) is 4.98 Å². The summed E-state index contributed by atoms with van der Waals surface area (Å²) in [7, 11) is 0. The number of hydrogen-bond acceptors (Lipinski definition) is 1. The minimum Gasteiger partial charge on any atom is -0.264 e. The Morgan fingerprint density at radius 3 is 2.00 bits per heavy atom. The molecule has 0 saturated heterocycles. The molecule has 1 heteroatoms. The molecule has 0 bridgehead atoms. The van der Waals surface area contributed by atoms with Crippen molar-refractivity contribution in [3.63, 3.8) is 0 Å². The molecular formula is C16H23N. The van der Waals surface area contributed by atoms with Crippen molar-refractivity contribution in [2.45, 2.75) is 34.6 Å². The van der Waals surface area contributed by atoms with Gasteiger partial charge in [-0.25, -0.2) is 0 Å². The molecule has 0 N–H and O–H groups in total. The number of hydrogen-bond donors (Lipinski definition) is 0. The summed E-state index contributed by atoms with van der Waals surface area (Å²) < 4.78 is 0. The van der Waals surface area contributed by atoms with Gasteiger partial charge in [0, 0.05) is 12.4 Å². The Kier molecular flexibility index (Phi) is 8.67. The maximum atomic E-state index is 4.09. The van der Waals surface area contributed by atoms with Crippen LogP contribution in [0.25, 0.3) is 11.1 Å². The van der Waals surface area contributed by atoms with Gasteiger partial charge in [-0.05, 0) is 24.1 Å². The minimum absolute atomic E-state index is 1.17. The molecule has 1 aromatic heterocycles. The summed E-state index contributed by atoms with van der Waals surface area (Å²) in [6.45, 7) is 10.1. The number of aromatic nitrogens is 1. The van der Waals surface area contributed by atoms with E-state index in [1.807, 2.05) is 40.0 Å². The van der Waals surface area contributed by atoms with E-state index >= 15 is 0 Å². The third-order valence-electron chi connectivity index (χ3n) is 2.01. The van der Waals surface area contributed by atoms with Crippen molar-refractivity contribution in [2.24, 2.45) is 0 Å². The number of nitrogens with zero attached hydrogens (tertiary/aromatic N) is 1. The predicted molar refractivity (Wildman–Crippen MR) is 77.1 cm³/mol. The Bertz CT molecular complexity index is 393. The number of benzene rings is 1. The van der Waals surface area contributed by atoms with Crippen LogP contribution in [0.5, 0.6) is 0 Å². The summed E-state index contributed by atoms with van der Waals surface area (Å²) in [5.41, 5.74) is 3.68. The molecular weight excluding hydrogens is 206 g/mol. The molecule has 17 heavy (non-hydrogen) atoms. The third kappa shape index (κ3) is 5.30. The largest absolute Gasteiger partial charge is 0.264 e. The minimum atomic E-state index is 1.17. The lowest BCUT2D eigenvalue weighted by molar-refractivity contribution is 1.33. The summed E-state index contributed by atoms with van der Waals surface area (Å²) in [5.74, 6) is 0. The van der Waals surface area contributed by atoms with E-state index in [-0.39, 0.29) is 0 Å². The number of pyridine rings is 1. The monoisotopic (exact) mass is 229 g/mol. The SMILES string of the molecule is CC.CC.Cc1cccc(-c2cccnc2)c1. The molecule has 0 fully saturated rings. The maximum Gasteiger partial charge on any atom is 0.0346 e. The van der Waals surface area contributed by atoms with E-state index in [9.17, 15) is 0 Å². The lowest BCUT2D eigenvalue weighted by Gasteiger charge is -2.00. The van der Waals surface area contributed by atoms with Crippen molar-refractivity contribution in [2.75, 3.05) is 0 Å². The normalized spacial score (nSPS) is 8.29. The molecule has 1 heterocycles. The van der Waals surface area contributed by atoms with Crippen LogP contribution < -0.4 is 0 Å². The molecule has 0 radical (unpaired) electrons. The third-order valence-corrected chi connectivity index (χ3v) is 2.01. The van der Waals surface area contributed by atoms with Gasteiger partial charge < -0.3 is 0 Å². The molecule has 2 aromatic rings. The summed E-state index contributed by atoms with van der Waals surface area (Å²) in [6, 6.07) is 12.5. The van der Waals surface area contributed by atoms with Crippen LogP contribution in [0.2, 0.25) is 0 Å². The molecule has 0 aliphatic heterocycles. The molecule has 0 atom stereocenters. The highest BCUT2D eigenvalue weighted by Gasteiger charge is 1.95. The summed E-state index contributed by atoms with van der Waals surface area (Å²) in [5, 5.41) is 0. The van der Waals surface area contributed by atoms with Crippen LogP contribution in [0, 0.1) is 6.92 Å². The van der Waals surface area contributed by atoms with E-state index in [0.717, 1.165) is 0 Å². The van der Waals surface area contributed by atoms with Gasteiger partial charge in [0.1, 0.15) is 0 Å². The molecule has 1 aromatic carbocycles. The Morgan fingerprint density at radius 1 is 0.824 bits per heavy atom. The van der Waals surface area contributed by atoms with Crippen molar-refractivity contribution < 1.29 is 0 Å². The summed E-state index contributed by atoms with van der Waals surface area (Å²) >= 11 is 0. The molecule has 92 valence electrons. The highest BCUT2D eigenvalue weighted by molar-refractivity contribution is 5.62. The molecule has 0 aliphatic carbocycles. The zero-order chi connectivity index (χ0) is 13.1. The zero-order valence-corrected chi connectivity index (χ0v) is 11.6. The Balaban J connectivity index is 0.000000581. The van der Waals surface area contributed by atoms with Crippen LogP contribution in [-0.2, 0) is 0 Å². The van der Waals surface area contributed by atoms with Crippen molar-refractivity contribution in [1.29, 1.82) is 0 Å². The second-order valence-electron chi connectivity index (χ2n) is 3.11.